The lowest BCUT2D eigenvalue weighted by molar-refractivity contribution is 0.770. The lowest BCUT2D eigenvalue weighted by atomic mass is 10.2. The normalized spacial score (nSPS) is 12.9. The van der Waals surface area contributed by atoms with E-state index in [0.717, 1.165) is 11.2 Å². The second kappa shape index (κ2) is 8.22. The number of hydrogen-bond donors (Lipinski definition) is 0. The third-order valence-electron chi connectivity index (χ3n) is 5.99. The molecule has 148 valence electrons. The largest absolute Gasteiger partial charge is 0.358 e. The minimum absolute atomic E-state index is 0.513. The van der Waals surface area contributed by atoms with Gasteiger partial charge in [-0.25, -0.2) is 9.97 Å². The fourth-order valence-electron chi connectivity index (χ4n) is 5.02. The Labute approximate surface area is 174 Å². The summed E-state index contributed by atoms with van der Waals surface area (Å²) in [6.07, 6.45) is 10.3. The number of halogens is 1. The summed E-state index contributed by atoms with van der Waals surface area (Å²) in [4.78, 5) is 8.99. The molecule has 0 saturated heterocycles. The molecule has 0 unspecified atom stereocenters. The number of hydrogen-bond acceptors (Lipinski definition) is 2. The summed E-state index contributed by atoms with van der Waals surface area (Å²) in [6, 6.07) is 8.01. The van der Waals surface area contributed by atoms with Crippen LogP contribution in [-0.2, 0) is 0 Å². The zero-order chi connectivity index (χ0) is 20.5. The van der Waals surface area contributed by atoms with Crippen molar-refractivity contribution in [3.63, 3.8) is 0 Å². The van der Waals surface area contributed by atoms with Crippen molar-refractivity contribution in [2.24, 2.45) is 0 Å². The first-order chi connectivity index (χ1) is 13.3. The summed E-state index contributed by atoms with van der Waals surface area (Å²) < 4.78 is 2.57. The Morgan fingerprint density at radius 2 is 1.61 bits per heavy atom. The molecule has 0 aliphatic rings. The highest BCUT2D eigenvalue weighted by Gasteiger charge is 2.46. The van der Waals surface area contributed by atoms with Crippen molar-refractivity contribution in [1.29, 1.82) is 0 Å². The highest BCUT2D eigenvalue weighted by atomic mass is 35.5. The Morgan fingerprint density at radius 3 is 2.18 bits per heavy atom. The molecule has 0 spiro atoms. The van der Waals surface area contributed by atoms with Crippen molar-refractivity contribution in [2.45, 2.75) is 58.2 Å². The fourth-order valence-corrected chi connectivity index (χ4v) is 11.7. The Morgan fingerprint density at radius 1 is 0.929 bits per heavy atom. The number of pyridine rings is 2. The molecule has 0 saturated carbocycles. The van der Waals surface area contributed by atoms with Crippen LogP contribution in [0.25, 0.3) is 23.2 Å². The highest BCUT2D eigenvalue weighted by molar-refractivity contribution is 6.82. The summed E-state index contributed by atoms with van der Waals surface area (Å²) in [7, 11) is -1.87. The van der Waals surface area contributed by atoms with Crippen LogP contribution in [0.15, 0.2) is 42.9 Å². The maximum atomic E-state index is 5.91. The summed E-state index contributed by atoms with van der Waals surface area (Å²) in [5, 5.41) is 1.72. The lowest BCUT2D eigenvalue weighted by Gasteiger charge is -2.44. The molecule has 0 N–H and O–H groups in total. The highest BCUT2D eigenvalue weighted by Crippen LogP contribution is 2.44. The van der Waals surface area contributed by atoms with Gasteiger partial charge in [0.25, 0.3) is 0 Å². The SMILES string of the molecule is CC(C)[Si](C(C)C)(C(C)C)n1cc(C=Cc2ccc(Cl)nc2)c2cccnc21. The molecule has 0 amide bonds. The van der Waals surface area contributed by atoms with Crippen LogP contribution in [0.3, 0.4) is 0 Å². The maximum Gasteiger partial charge on any atom is 0.171 e. The van der Waals surface area contributed by atoms with E-state index in [1.165, 1.54) is 10.9 Å². The van der Waals surface area contributed by atoms with Crippen LogP contribution in [0, 0.1) is 0 Å². The Kier molecular flexibility index (Phi) is 6.11. The number of fused-ring (bicyclic) bond motifs is 1. The van der Waals surface area contributed by atoms with Gasteiger partial charge in [0.1, 0.15) is 10.8 Å². The molecule has 0 aliphatic heterocycles. The Hall–Kier alpha value is -1.91. The second-order valence-corrected chi connectivity index (χ2v) is 14.5. The molecule has 3 rings (SSSR count). The van der Waals surface area contributed by atoms with Crippen LogP contribution in [0.5, 0.6) is 0 Å². The van der Waals surface area contributed by atoms with Crippen LogP contribution in [0.2, 0.25) is 21.8 Å². The first-order valence-electron chi connectivity index (χ1n) is 10.0. The molecule has 3 aromatic heterocycles. The molecule has 3 aromatic rings. The van der Waals surface area contributed by atoms with E-state index in [9.17, 15) is 0 Å². The number of rotatable bonds is 6. The van der Waals surface area contributed by atoms with Gasteiger partial charge >= 0.3 is 0 Å². The van der Waals surface area contributed by atoms with Crippen LogP contribution < -0.4 is 0 Å². The van der Waals surface area contributed by atoms with E-state index in [4.69, 9.17) is 16.6 Å². The summed E-state index contributed by atoms with van der Waals surface area (Å²) >= 11 is 5.91. The van der Waals surface area contributed by atoms with E-state index in [0.29, 0.717) is 21.8 Å². The van der Waals surface area contributed by atoms with Crippen molar-refractivity contribution in [3.8, 4) is 0 Å². The molecular formula is C23H30ClN3Si. The Bertz CT molecular complexity index is 949. The Balaban J connectivity index is 2.19. The quantitative estimate of drug-likeness (QED) is 0.315. The minimum Gasteiger partial charge on any atom is -0.358 e. The first-order valence-corrected chi connectivity index (χ1v) is 12.6. The maximum absolute atomic E-state index is 5.91. The van der Waals surface area contributed by atoms with Gasteiger partial charge < -0.3 is 4.23 Å². The zero-order valence-corrected chi connectivity index (χ0v) is 19.4. The van der Waals surface area contributed by atoms with Gasteiger partial charge in [-0.05, 0) is 40.4 Å². The van der Waals surface area contributed by atoms with Crippen molar-refractivity contribution < 1.29 is 0 Å². The first kappa shape index (κ1) is 20.8. The molecule has 5 heteroatoms. The molecule has 0 aromatic carbocycles. The van der Waals surface area contributed by atoms with Crippen molar-refractivity contribution in [3.05, 3.63) is 59.1 Å². The number of nitrogens with zero attached hydrogens (tertiary/aromatic N) is 3. The van der Waals surface area contributed by atoms with Gasteiger partial charge in [-0.15, -0.1) is 0 Å². The molecule has 28 heavy (non-hydrogen) atoms. The summed E-state index contributed by atoms with van der Waals surface area (Å²) in [5.41, 5.74) is 5.19. The predicted molar refractivity (Wildman–Crippen MR) is 124 cm³/mol. The molecule has 0 fully saturated rings. The van der Waals surface area contributed by atoms with Crippen LogP contribution in [-0.4, -0.2) is 22.4 Å². The van der Waals surface area contributed by atoms with E-state index < -0.39 is 8.24 Å². The summed E-state index contributed by atoms with van der Waals surface area (Å²) in [5.74, 6) is 0. The number of aromatic nitrogens is 3. The fraction of sp³-hybridized carbons (Fsp3) is 0.391. The van der Waals surface area contributed by atoms with Gasteiger partial charge in [-0.1, -0.05) is 71.4 Å². The van der Waals surface area contributed by atoms with E-state index in [1.54, 1.807) is 6.20 Å². The summed E-state index contributed by atoms with van der Waals surface area (Å²) in [6.45, 7) is 14.3. The molecule has 0 aliphatic carbocycles. The topological polar surface area (TPSA) is 30.7 Å². The van der Waals surface area contributed by atoms with Gasteiger partial charge in [-0.3, -0.25) is 0 Å². The second-order valence-electron chi connectivity index (χ2n) is 8.43. The van der Waals surface area contributed by atoms with Crippen LogP contribution in [0.1, 0.15) is 52.7 Å². The smallest absolute Gasteiger partial charge is 0.171 e. The van der Waals surface area contributed by atoms with E-state index in [-0.39, 0.29) is 0 Å². The third-order valence-corrected chi connectivity index (χ3v) is 12.9. The molecule has 0 radical (unpaired) electrons. The molecule has 3 heterocycles. The van der Waals surface area contributed by atoms with E-state index in [1.807, 2.05) is 24.4 Å². The molecule has 0 atom stereocenters. The van der Waals surface area contributed by atoms with Gasteiger partial charge in [0, 0.05) is 29.5 Å². The molecular weight excluding hydrogens is 382 g/mol. The average Bonchev–Trinajstić information content (AvgIpc) is 3.00. The monoisotopic (exact) mass is 411 g/mol. The standard InChI is InChI=1S/C23H30ClN3Si/c1-16(2)28(17(3)4,18(5)6)27-15-20(21-8-7-13-25-23(21)27)11-9-19-10-12-22(24)26-14-19/h7-18H,1-6H3. The van der Waals surface area contributed by atoms with Crippen LogP contribution >= 0.6 is 11.6 Å². The van der Waals surface area contributed by atoms with Crippen LogP contribution in [0.4, 0.5) is 0 Å². The molecule has 3 nitrogen and oxygen atoms in total. The van der Waals surface area contributed by atoms with Gasteiger partial charge in [0.05, 0.1) is 0 Å². The average molecular weight is 412 g/mol. The van der Waals surface area contributed by atoms with Gasteiger partial charge in [0.2, 0.25) is 0 Å². The van der Waals surface area contributed by atoms with E-state index in [2.05, 4.69) is 75.2 Å². The minimum atomic E-state index is -1.87. The van der Waals surface area contributed by atoms with Crippen molar-refractivity contribution in [2.75, 3.05) is 0 Å². The van der Waals surface area contributed by atoms with Crippen molar-refractivity contribution >= 4 is 43.0 Å². The van der Waals surface area contributed by atoms with Gasteiger partial charge in [-0.2, -0.15) is 0 Å². The van der Waals surface area contributed by atoms with Gasteiger partial charge in [0.15, 0.2) is 8.24 Å². The van der Waals surface area contributed by atoms with E-state index >= 15 is 0 Å². The van der Waals surface area contributed by atoms with Crippen molar-refractivity contribution in [1.82, 2.24) is 14.2 Å². The zero-order valence-electron chi connectivity index (χ0n) is 17.6. The lowest BCUT2D eigenvalue weighted by Crippen LogP contribution is -2.51. The molecule has 0 bridgehead atoms. The third kappa shape index (κ3) is 3.56. The predicted octanol–water partition coefficient (Wildman–Crippen LogP) is 7.28.